The van der Waals surface area contributed by atoms with E-state index in [2.05, 4.69) is 18.3 Å². The number of carbonyl (C=O) groups excluding carboxylic acids is 2. The Morgan fingerprint density at radius 3 is 2.02 bits per heavy atom. The minimum Gasteiger partial charge on any atom is -0.493 e. The van der Waals surface area contributed by atoms with Crippen LogP contribution in [0.4, 0.5) is 5.69 Å². The van der Waals surface area contributed by atoms with Crippen LogP contribution in [0.3, 0.4) is 0 Å². The second kappa shape index (κ2) is 17.2. The number of aromatic nitrogens is 1. The Morgan fingerprint density at radius 1 is 0.867 bits per heavy atom. The van der Waals surface area contributed by atoms with Crippen LogP contribution < -0.4 is 19.5 Å². The first-order valence-corrected chi connectivity index (χ1v) is 15.8. The van der Waals surface area contributed by atoms with Crippen LogP contribution in [0.2, 0.25) is 0 Å². The summed E-state index contributed by atoms with van der Waals surface area (Å²) in [4.78, 5) is 26.3. The number of methoxy groups -OCH3 is 3. The molecule has 0 amide bonds. The van der Waals surface area contributed by atoms with Crippen LogP contribution in [0.25, 0.3) is 22.0 Å². The lowest BCUT2D eigenvalue weighted by Crippen LogP contribution is -2.20. The molecule has 0 aliphatic carbocycles. The van der Waals surface area contributed by atoms with Crippen LogP contribution in [-0.2, 0) is 27.2 Å². The van der Waals surface area contributed by atoms with Gasteiger partial charge in [-0.3, -0.25) is 4.79 Å². The number of anilines is 1. The lowest BCUT2D eigenvalue weighted by atomic mass is 9.89. The van der Waals surface area contributed by atoms with Gasteiger partial charge in [0.1, 0.15) is 12.6 Å². The molecule has 3 aromatic rings. The predicted molar refractivity (Wildman–Crippen MR) is 176 cm³/mol. The fourth-order valence-corrected chi connectivity index (χ4v) is 5.87. The van der Waals surface area contributed by atoms with Crippen molar-refractivity contribution in [2.45, 2.75) is 78.7 Å². The van der Waals surface area contributed by atoms with E-state index in [4.69, 9.17) is 23.7 Å². The summed E-state index contributed by atoms with van der Waals surface area (Å²) in [6.07, 6.45) is 8.67. The summed E-state index contributed by atoms with van der Waals surface area (Å²) < 4.78 is 29.1. The van der Waals surface area contributed by atoms with Crippen LogP contribution >= 0.6 is 0 Å². The maximum atomic E-state index is 13.4. The number of esters is 2. The quantitative estimate of drug-likeness (QED) is 0.115. The molecule has 0 saturated heterocycles. The number of rotatable bonds is 18. The van der Waals surface area contributed by atoms with Crippen molar-refractivity contribution in [2.75, 3.05) is 46.9 Å². The number of nitrogens with one attached hydrogen (secondary N) is 1. The Kier molecular flexibility index (Phi) is 13.4. The van der Waals surface area contributed by atoms with E-state index in [-0.39, 0.29) is 25.5 Å². The molecule has 10 heteroatoms. The molecule has 3 rings (SSSR count). The van der Waals surface area contributed by atoms with Crippen LogP contribution in [0.15, 0.2) is 18.2 Å². The highest BCUT2D eigenvalue weighted by molar-refractivity contribution is 6.11. The maximum Gasteiger partial charge on any atom is 0.357 e. The van der Waals surface area contributed by atoms with Crippen molar-refractivity contribution in [2.24, 2.45) is 0 Å². The molecule has 2 aromatic carbocycles. The van der Waals surface area contributed by atoms with Gasteiger partial charge in [0.25, 0.3) is 0 Å². The first-order valence-electron chi connectivity index (χ1n) is 15.8. The average Bonchev–Trinajstić information content (AvgIpc) is 3.35. The number of hydrogen-bond acceptors (Lipinski definition) is 9. The molecule has 0 aliphatic rings. The molecule has 0 bridgehead atoms. The zero-order chi connectivity index (χ0) is 32.9. The van der Waals surface area contributed by atoms with E-state index >= 15 is 0 Å². The highest BCUT2D eigenvalue weighted by Crippen LogP contribution is 2.46. The van der Waals surface area contributed by atoms with Gasteiger partial charge in [-0.05, 0) is 56.0 Å². The number of hydrogen-bond donors (Lipinski definition) is 1. The molecule has 1 heterocycles. The molecule has 0 aliphatic heterocycles. The monoisotopic (exact) mass is 621 g/mol. The lowest BCUT2D eigenvalue weighted by Gasteiger charge is -2.19. The fourth-order valence-electron chi connectivity index (χ4n) is 5.87. The first-order chi connectivity index (χ1) is 21.8. The molecule has 1 N–H and O–H groups in total. The Balaban J connectivity index is 2.39. The number of nitriles is 1. The predicted octanol–water partition coefficient (Wildman–Crippen LogP) is 7.28. The highest BCUT2D eigenvalue weighted by Gasteiger charge is 2.30. The zero-order valence-corrected chi connectivity index (χ0v) is 27.8. The standard InChI is InChI=1S/C35H47N3O7/c1-8-11-12-13-14-15-16-17-23-18-25-31(37-4)33(35(40)45-10-3)38(22-29(39)44-9-2)32(25)26(21-36)30(23)24-19-27(41-5)34(43-7)28(20-24)42-6/h18-20,37H,8-17,22H2,1-7H3. The summed E-state index contributed by atoms with van der Waals surface area (Å²) in [5.74, 6) is 0.192. The van der Waals surface area contributed by atoms with Gasteiger partial charge in [0, 0.05) is 18.0 Å². The van der Waals surface area contributed by atoms with E-state index in [0.29, 0.717) is 57.0 Å². The van der Waals surface area contributed by atoms with E-state index < -0.39 is 11.9 Å². The van der Waals surface area contributed by atoms with Gasteiger partial charge in [-0.15, -0.1) is 0 Å². The minimum absolute atomic E-state index is 0.147. The van der Waals surface area contributed by atoms with Gasteiger partial charge < -0.3 is 33.6 Å². The van der Waals surface area contributed by atoms with E-state index in [0.717, 1.165) is 24.8 Å². The Bertz CT molecular complexity index is 1500. The van der Waals surface area contributed by atoms with Gasteiger partial charge in [0.05, 0.1) is 51.3 Å². The Morgan fingerprint density at radius 2 is 1.49 bits per heavy atom. The topological polar surface area (TPSA) is 121 Å². The number of fused-ring (bicyclic) bond motifs is 1. The van der Waals surface area contributed by atoms with Crippen LogP contribution in [0, 0.1) is 11.3 Å². The van der Waals surface area contributed by atoms with E-state index in [1.54, 1.807) is 35.1 Å². The first kappa shape index (κ1) is 35.1. The van der Waals surface area contributed by atoms with Crippen LogP contribution in [-0.4, -0.2) is 58.1 Å². The number of carbonyl (C=O) groups is 2. The fraction of sp³-hybridized carbons (Fsp3) is 0.514. The second-order valence-electron chi connectivity index (χ2n) is 10.7. The third-order valence-corrected chi connectivity index (χ3v) is 7.85. The zero-order valence-electron chi connectivity index (χ0n) is 27.8. The second-order valence-corrected chi connectivity index (χ2v) is 10.7. The molecule has 0 unspecified atom stereocenters. The average molecular weight is 622 g/mol. The SMILES string of the molecule is CCCCCCCCCc1cc2c(NC)c(C(=O)OCC)n(CC(=O)OCC)c2c(C#N)c1-c1cc(OC)c(OC)c(OC)c1. The third-order valence-electron chi connectivity index (χ3n) is 7.85. The summed E-state index contributed by atoms with van der Waals surface area (Å²) in [5.41, 5.74) is 3.69. The molecule has 0 fully saturated rings. The van der Waals surface area contributed by atoms with E-state index in [9.17, 15) is 14.9 Å². The number of nitrogens with zero attached hydrogens (tertiary/aromatic N) is 2. The van der Waals surface area contributed by atoms with E-state index in [1.165, 1.54) is 37.4 Å². The molecule has 0 spiro atoms. The van der Waals surface area contributed by atoms with Gasteiger partial charge in [-0.25, -0.2) is 4.79 Å². The van der Waals surface area contributed by atoms with E-state index in [1.807, 2.05) is 18.2 Å². The van der Waals surface area contributed by atoms with Crippen molar-refractivity contribution in [3.8, 4) is 34.4 Å². The number of ether oxygens (including phenoxy) is 5. The molecular weight excluding hydrogens is 574 g/mol. The van der Waals surface area contributed by atoms with Gasteiger partial charge in [0.2, 0.25) is 5.75 Å². The molecule has 0 saturated carbocycles. The normalized spacial score (nSPS) is 10.8. The molecular formula is C35H47N3O7. The summed E-state index contributed by atoms with van der Waals surface area (Å²) in [6.45, 7) is 5.69. The Labute approximate surface area is 266 Å². The van der Waals surface area contributed by atoms with Crippen LogP contribution in [0.1, 0.15) is 87.3 Å². The maximum absolute atomic E-state index is 13.4. The largest absolute Gasteiger partial charge is 0.493 e. The molecule has 0 radical (unpaired) electrons. The molecule has 1 aromatic heterocycles. The molecule has 45 heavy (non-hydrogen) atoms. The molecule has 10 nitrogen and oxygen atoms in total. The van der Waals surface area contributed by atoms with Crippen molar-refractivity contribution in [3.05, 3.63) is 35.0 Å². The van der Waals surface area contributed by atoms with Gasteiger partial charge in [0.15, 0.2) is 17.2 Å². The molecule has 0 atom stereocenters. The van der Waals surface area contributed by atoms with Crippen molar-refractivity contribution in [1.82, 2.24) is 4.57 Å². The highest BCUT2D eigenvalue weighted by atomic mass is 16.5. The number of aryl methyl sites for hydroxylation is 1. The van der Waals surface area contributed by atoms with Crippen molar-refractivity contribution in [3.63, 3.8) is 0 Å². The minimum atomic E-state index is -0.603. The van der Waals surface area contributed by atoms with Crippen molar-refractivity contribution in [1.29, 1.82) is 5.26 Å². The summed E-state index contributed by atoms with van der Waals surface area (Å²) in [6, 6.07) is 8.08. The number of unbranched alkanes of at least 4 members (excludes halogenated alkanes) is 6. The van der Waals surface area contributed by atoms with Crippen LogP contribution in [0.5, 0.6) is 17.2 Å². The smallest absolute Gasteiger partial charge is 0.357 e. The Hall–Kier alpha value is -4.39. The van der Waals surface area contributed by atoms with Crippen molar-refractivity contribution < 1.29 is 33.3 Å². The lowest BCUT2D eigenvalue weighted by molar-refractivity contribution is -0.143. The summed E-state index contributed by atoms with van der Waals surface area (Å²) in [7, 11) is 6.34. The van der Waals surface area contributed by atoms with Gasteiger partial charge >= 0.3 is 11.9 Å². The number of benzene rings is 2. The third kappa shape index (κ3) is 7.83. The van der Waals surface area contributed by atoms with Gasteiger partial charge in [-0.2, -0.15) is 5.26 Å². The summed E-state index contributed by atoms with van der Waals surface area (Å²) >= 11 is 0. The molecule has 244 valence electrons. The summed E-state index contributed by atoms with van der Waals surface area (Å²) in [5, 5.41) is 14.6. The van der Waals surface area contributed by atoms with Gasteiger partial charge in [-0.1, -0.05) is 45.4 Å². The van der Waals surface area contributed by atoms with Crippen molar-refractivity contribution >= 4 is 28.5 Å².